The molecule has 84 valence electrons. The van der Waals surface area contributed by atoms with Crippen LogP contribution in [0.15, 0.2) is 11.3 Å². The highest BCUT2D eigenvalue weighted by Crippen LogP contribution is 2.37. The van der Waals surface area contributed by atoms with Gasteiger partial charge in [-0.2, -0.15) is 0 Å². The molecule has 8 heteroatoms. The number of amides is 1. The summed E-state index contributed by atoms with van der Waals surface area (Å²) in [5.41, 5.74) is -0.527. The van der Waals surface area contributed by atoms with Crippen molar-refractivity contribution in [1.29, 1.82) is 0 Å². The number of likely N-dealkylation sites (N-methyl/N-ethyl adjacent to an activating group) is 1. The quantitative estimate of drug-likeness (QED) is 0.245. The molecule has 0 spiro atoms. The molecular weight excluding hydrogens is 225 g/mol. The van der Waals surface area contributed by atoms with E-state index in [0.717, 1.165) is 4.90 Å². The van der Waals surface area contributed by atoms with Crippen molar-refractivity contribution in [3.05, 3.63) is 11.3 Å². The Morgan fingerprint density at radius 3 is 2.33 bits per heavy atom. The molecule has 7 nitrogen and oxygen atoms in total. The fourth-order valence-electron chi connectivity index (χ4n) is 1.23. The largest absolute Gasteiger partial charge is 0.511 e. The molecule has 1 aliphatic heterocycles. The molecule has 1 aliphatic rings. The molecule has 0 radical (unpaired) electrons. The van der Waals surface area contributed by atoms with Gasteiger partial charge in [0.15, 0.2) is 5.78 Å². The first-order valence-electron chi connectivity index (χ1n) is 3.97. The van der Waals surface area contributed by atoms with Crippen molar-refractivity contribution >= 4 is 19.3 Å². The summed E-state index contributed by atoms with van der Waals surface area (Å²) >= 11 is 0. The lowest BCUT2D eigenvalue weighted by Crippen LogP contribution is -2.20. The summed E-state index contributed by atoms with van der Waals surface area (Å²) in [5, 5.41) is 9.26. The normalized spacial score (nSPS) is 21.1. The fourth-order valence-corrected chi connectivity index (χ4v) is 1.78. The Balaban J connectivity index is 3.04. The minimum atomic E-state index is -4.48. The number of hydrogen-bond donors (Lipinski definition) is 3. The second-order valence-corrected chi connectivity index (χ2v) is 4.87. The van der Waals surface area contributed by atoms with Gasteiger partial charge in [0.25, 0.3) is 5.91 Å². The zero-order chi connectivity index (χ0) is 11.8. The summed E-state index contributed by atoms with van der Waals surface area (Å²) in [6.45, 7) is -0.181. The van der Waals surface area contributed by atoms with Crippen molar-refractivity contribution in [2.45, 2.75) is 0 Å². The molecule has 0 saturated carbocycles. The van der Waals surface area contributed by atoms with Gasteiger partial charge in [0.1, 0.15) is 17.5 Å². The van der Waals surface area contributed by atoms with E-state index in [1.165, 1.54) is 7.05 Å². The van der Waals surface area contributed by atoms with Gasteiger partial charge in [-0.3, -0.25) is 14.2 Å². The molecule has 15 heavy (non-hydrogen) atoms. The number of nitrogens with zero attached hydrogens (tertiary/aromatic N) is 1. The van der Waals surface area contributed by atoms with Crippen LogP contribution in [0, 0.1) is 0 Å². The molecule has 1 heterocycles. The summed E-state index contributed by atoms with van der Waals surface area (Å²) in [7, 11) is -3.12. The van der Waals surface area contributed by atoms with Crippen LogP contribution in [0.4, 0.5) is 0 Å². The Kier molecular flexibility index (Phi) is 2.99. The molecule has 1 saturated heterocycles. The zero-order valence-electron chi connectivity index (χ0n) is 7.88. The van der Waals surface area contributed by atoms with Crippen LogP contribution in [0.5, 0.6) is 0 Å². The lowest BCUT2D eigenvalue weighted by molar-refractivity contribution is -0.123. The van der Waals surface area contributed by atoms with Crippen LogP contribution in [0.2, 0.25) is 0 Å². The molecule has 0 atom stereocenters. The minimum absolute atomic E-state index is 0.181. The second-order valence-electron chi connectivity index (χ2n) is 3.23. The lowest BCUT2D eigenvalue weighted by atomic mass is 10.2. The maximum absolute atomic E-state index is 11.3. The molecule has 0 unspecified atom stereocenters. The molecule has 1 fully saturated rings. The molecule has 3 N–H and O–H groups in total. The summed E-state index contributed by atoms with van der Waals surface area (Å²) < 4.78 is 10.6. The molecule has 0 aromatic rings. The number of ketones is 1. The van der Waals surface area contributed by atoms with Crippen LogP contribution in [-0.2, 0) is 14.2 Å². The SMILES string of the molecule is CN1CC(=O)C(=C(O)CP(=O)(O)O)C1=O. The Labute approximate surface area is 85.2 Å². The number of allylic oxidation sites excluding steroid dienone is 1. The summed E-state index contributed by atoms with van der Waals surface area (Å²) in [6.07, 6.45) is -0.992. The van der Waals surface area contributed by atoms with Crippen molar-refractivity contribution in [3.8, 4) is 0 Å². The number of carbonyl (C=O) groups is 2. The standard InChI is InChI=1S/C7H10NO6P/c1-8-2-4(9)6(7(8)11)5(10)3-15(12,13)14/h10H,2-3H2,1H3,(H2,12,13,14). The third kappa shape index (κ3) is 2.65. The average molecular weight is 235 g/mol. The molecule has 0 aliphatic carbocycles. The van der Waals surface area contributed by atoms with E-state index in [1.54, 1.807) is 0 Å². The zero-order valence-corrected chi connectivity index (χ0v) is 8.77. The lowest BCUT2D eigenvalue weighted by Gasteiger charge is -2.06. The summed E-state index contributed by atoms with van der Waals surface area (Å²) in [5.74, 6) is -2.19. The van der Waals surface area contributed by atoms with Crippen molar-refractivity contribution in [2.75, 3.05) is 19.8 Å². The predicted octanol–water partition coefficient (Wildman–Crippen LogP) is -0.983. The maximum Gasteiger partial charge on any atom is 0.333 e. The van der Waals surface area contributed by atoms with Gasteiger partial charge in [0.2, 0.25) is 0 Å². The van der Waals surface area contributed by atoms with Gasteiger partial charge in [0, 0.05) is 7.05 Å². The van der Waals surface area contributed by atoms with Crippen LogP contribution in [0.1, 0.15) is 0 Å². The smallest absolute Gasteiger partial charge is 0.333 e. The molecule has 0 bridgehead atoms. The predicted molar refractivity (Wildman–Crippen MR) is 49.2 cm³/mol. The Hall–Kier alpha value is -1.17. The molecule has 0 aromatic heterocycles. The van der Waals surface area contributed by atoms with Gasteiger partial charge in [-0.1, -0.05) is 0 Å². The summed E-state index contributed by atoms with van der Waals surface area (Å²) in [6, 6.07) is 0. The Morgan fingerprint density at radius 2 is 2.00 bits per heavy atom. The van der Waals surface area contributed by atoms with Crippen molar-refractivity contribution < 1.29 is 29.0 Å². The van der Waals surface area contributed by atoms with E-state index >= 15 is 0 Å². The first-order valence-corrected chi connectivity index (χ1v) is 5.77. The second kappa shape index (κ2) is 3.77. The molecule has 0 aromatic carbocycles. The van der Waals surface area contributed by atoms with Crippen molar-refractivity contribution in [3.63, 3.8) is 0 Å². The maximum atomic E-state index is 11.3. The van der Waals surface area contributed by atoms with Crippen LogP contribution in [0.3, 0.4) is 0 Å². The first-order chi connectivity index (χ1) is 6.72. The van der Waals surface area contributed by atoms with E-state index < -0.39 is 36.8 Å². The van der Waals surface area contributed by atoms with Gasteiger partial charge >= 0.3 is 7.60 Å². The monoisotopic (exact) mass is 235 g/mol. The number of hydrogen-bond acceptors (Lipinski definition) is 4. The Bertz CT molecular complexity index is 394. The number of Topliss-reactive ketones (excluding diaryl/α,β-unsaturated/α-hetero) is 1. The number of aliphatic hydroxyl groups excluding tert-OH is 1. The van der Waals surface area contributed by atoms with Crippen molar-refractivity contribution in [2.24, 2.45) is 0 Å². The fraction of sp³-hybridized carbons (Fsp3) is 0.429. The highest BCUT2D eigenvalue weighted by Gasteiger charge is 2.35. The van der Waals surface area contributed by atoms with Gasteiger partial charge in [-0.15, -0.1) is 0 Å². The first kappa shape index (κ1) is 11.9. The number of rotatable bonds is 2. The van der Waals surface area contributed by atoms with E-state index in [-0.39, 0.29) is 6.54 Å². The minimum Gasteiger partial charge on any atom is -0.511 e. The van der Waals surface area contributed by atoms with Gasteiger partial charge in [-0.25, -0.2) is 0 Å². The van der Waals surface area contributed by atoms with Crippen LogP contribution < -0.4 is 0 Å². The average Bonchev–Trinajstić information content (AvgIpc) is 2.22. The molecule has 1 amide bonds. The van der Waals surface area contributed by atoms with Crippen molar-refractivity contribution in [1.82, 2.24) is 4.90 Å². The van der Waals surface area contributed by atoms with E-state index in [4.69, 9.17) is 9.79 Å². The Morgan fingerprint density at radius 1 is 1.47 bits per heavy atom. The van der Waals surface area contributed by atoms with E-state index in [1.807, 2.05) is 0 Å². The van der Waals surface area contributed by atoms with Gasteiger partial charge in [-0.05, 0) is 0 Å². The summed E-state index contributed by atoms with van der Waals surface area (Å²) in [4.78, 5) is 40.7. The highest BCUT2D eigenvalue weighted by molar-refractivity contribution is 7.52. The topological polar surface area (TPSA) is 115 Å². The van der Waals surface area contributed by atoms with E-state index in [9.17, 15) is 19.3 Å². The molecular formula is C7H10NO6P. The number of likely N-dealkylation sites (tertiary alicyclic amines) is 1. The van der Waals surface area contributed by atoms with Gasteiger partial charge < -0.3 is 19.8 Å². The molecule has 1 rings (SSSR count). The third-order valence-electron chi connectivity index (χ3n) is 1.86. The van der Waals surface area contributed by atoms with Crippen LogP contribution in [0.25, 0.3) is 0 Å². The highest BCUT2D eigenvalue weighted by atomic mass is 31.2. The van der Waals surface area contributed by atoms with Gasteiger partial charge in [0.05, 0.1) is 6.54 Å². The van der Waals surface area contributed by atoms with E-state index in [2.05, 4.69) is 0 Å². The number of carbonyl (C=O) groups excluding carboxylic acids is 2. The number of aliphatic hydroxyl groups is 1. The van der Waals surface area contributed by atoms with Crippen LogP contribution >= 0.6 is 7.60 Å². The van der Waals surface area contributed by atoms with Crippen LogP contribution in [-0.4, -0.2) is 51.2 Å². The third-order valence-corrected chi connectivity index (χ3v) is 2.58. The van der Waals surface area contributed by atoms with E-state index in [0.29, 0.717) is 0 Å².